The van der Waals surface area contributed by atoms with Crippen molar-refractivity contribution in [3.05, 3.63) is 42.2 Å². The second-order valence-electron chi connectivity index (χ2n) is 6.11. The van der Waals surface area contributed by atoms with E-state index in [1.54, 1.807) is 30.0 Å². The number of rotatable bonds is 2. The third-order valence-electron chi connectivity index (χ3n) is 3.09. The summed E-state index contributed by atoms with van der Waals surface area (Å²) in [6, 6.07) is 0. The van der Waals surface area contributed by atoms with Crippen molar-refractivity contribution in [2.24, 2.45) is 0 Å². The zero-order chi connectivity index (χ0) is 15.5. The fourth-order valence-electron chi connectivity index (χ4n) is 2.32. The molecule has 20 heavy (non-hydrogen) atoms. The first-order valence-electron chi connectivity index (χ1n) is 6.95. The Morgan fingerprint density at radius 1 is 0.850 bits per heavy atom. The van der Waals surface area contributed by atoms with E-state index in [1.165, 1.54) is 12.8 Å². The topological polar surface area (TPSA) is 0 Å². The molecule has 0 heterocycles. The number of hydrogen-bond acceptors (Lipinski definition) is 0. The molecule has 0 radical (unpaired) electrons. The van der Waals surface area contributed by atoms with Crippen LogP contribution in [0, 0.1) is 0 Å². The van der Waals surface area contributed by atoms with Crippen LogP contribution in [0.25, 0.3) is 0 Å². The SMILES string of the molecule is CC1=CC(C)=[C]([Ti][C]2=C(C)C=C(C)C2)C1.C[Si](C)(Cl)Cl. The second kappa shape index (κ2) is 7.65. The molecule has 0 saturated heterocycles. The van der Waals surface area contributed by atoms with Gasteiger partial charge < -0.3 is 0 Å². The van der Waals surface area contributed by atoms with Gasteiger partial charge in [0.1, 0.15) is 0 Å². The van der Waals surface area contributed by atoms with Gasteiger partial charge in [-0.25, -0.2) is 0 Å². The van der Waals surface area contributed by atoms with Crippen LogP contribution in [0.2, 0.25) is 13.1 Å². The van der Waals surface area contributed by atoms with Crippen LogP contribution >= 0.6 is 22.2 Å². The zero-order valence-electron chi connectivity index (χ0n) is 13.3. The van der Waals surface area contributed by atoms with E-state index < -0.39 is 6.69 Å². The fourth-order valence-corrected chi connectivity index (χ4v) is 4.88. The molecule has 0 N–H and O–H groups in total. The minimum absolute atomic E-state index is 0.00593. The van der Waals surface area contributed by atoms with Gasteiger partial charge in [0.15, 0.2) is 0 Å². The van der Waals surface area contributed by atoms with Gasteiger partial charge in [-0.3, -0.25) is 0 Å². The average Bonchev–Trinajstić information content (AvgIpc) is 2.68. The van der Waals surface area contributed by atoms with E-state index in [2.05, 4.69) is 39.8 Å². The second-order valence-corrected chi connectivity index (χ2v) is 17.3. The number of allylic oxidation sites excluding steroid dienone is 8. The molecule has 0 bridgehead atoms. The van der Waals surface area contributed by atoms with Crippen molar-refractivity contribution < 1.29 is 19.2 Å². The van der Waals surface area contributed by atoms with E-state index in [1.807, 2.05) is 13.1 Å². The van der Waals surface area contributed by atoms with Gasteiger partial charge in [0.05, 0.1) is 0 Å². The van der Waals surface area contributed by atoms with Gasteiger partial charge in [0.25, 0.3) is 0 Å². The van der Waals surface area contributed by atoms with Gasteiger partial charge in [-0.15, -0.1) is 22.2 Å². The van der Waals surface area contributed by atoms with E-state index in [0.29, 0.717) is 0 Å². The molecular weight excluding hydrogens is 339 g/mol. The predicted octanol–water partition coefficient (Wildman–Crippen LogP) is 6.48. The minimum atomic E-state index is -1.67. The van der Waals surface area contributed by atoms with Gasteiger partial charge in [-0.2, -0.15) is 0 Å². The number of halogens is 2. The average molecular weight is 363 g/mol. The monoisotopic (exact) mass is 362 g/mol. The first kappa shape index (κ1) is 18.5. The van der Waals surface area contributed by atoms with E-state index in [4.69, 9.17) is 22.2 Å². The largest absolute Gasteiger partial charge is 0.245 e. The van der Waals surface area contributed by atoms with E-state index in [-0.39, 0.29) is 19.2 Å². The summed E-state index contributed by atoms with van der Waals surface area (Å²) in [4.78, 5) is 0. The fraction of sp³-hybridized carbons (Fsp3) is 0.500. The quantitative estimate of drug-likeness (QED) is 0.389. The summed E-state index contributed by atoms with van der Waals surface area (Å²) in [5.41, 5.74) is 6.20. The standard InChI is InChI=1S/2C7H9.C2H6Cl2Si.Ti/c2*1-6-3-4-7(2)5-6;1-5(2,3)4;/h2*5H,3H2,1-2H3;1-2H3;. The molecule has 0 amide bonds. The molecule has 0 aromatic carbocycles. The summed E-state index contributed by atoms with van der Waals surface area (Å²) in [5, 5.41) is 0. The van der Waals surface area contributed by atoms with Gasteiger partial charge in [-0.1, -0.05) is 0 Å². The van der Waals surface area contributed by atoms with Crippen LogP contribution in [0.15, 0.2) is 42.2 Å². The van der Waals surface area contributed by atoms with Crippen molar-refractivity contribution in [3.63, 3.8) is 0 Å². The first-order valence-corrected chi connectivity index (χ1v) is 13.5. The summed E-state index contributed by atoms with van der Waals surface area (Å²) in [7, 11) is 0. The molecule has 2 aliphatic rings. The molecule has 0 saturated carbocycles. The van der Waals surface area contributed by atoms with E-state index in [0.717, 1.165) is 0 Å². The van der Waals surface area contributed by atoms with Crippen LogP contribution in [-0.2, 0) is 19.2 Å². The summed E-state index contributed by atoms with van der Waals surface area (Å²) >= 11 is 10.9. The molecule has 0 fully saturated rings. The minimum Gasteiger partial charge on any atom is -0.146 e. The Hall–Kier alpha value is 0.471. The zero-order valence-corrected chi connectivity index (χ0v) is 17.4. The third kappa shape index (κ3) is 6.96. The van der Waals surface area contributed by atoms with Gasteiger partial charge in [0, 0.05) is 0 Å². The first-order chi connectivity index (χ1) is 9.06. The Balaban J connectivity index is 0.000000347. The summed E-state index contributed by atoms with van der Waals surface area (Å²) in [6.45, 7) is 11.1. The molecule has 0 unspecified atom stereocenters. The Morgan fingerprint density at radius 3 is 1.35 bits per heavy atom. The molecule has 0 nitrogen and oxygen atoms in total. The van der Waals surface area contributed by atoms with Crippen molar-refractivity contribution in [2.45, 2.75) is 53.6 Å². The maximum Gasteiger partial charge on any atom is 0.245 e. The van der Waals surface area contributed by atoms with Crippen molar-refractivity contribution >= 4 is 28.9 Å². The smallest absolute Gasteiger partial charge is 0.146 e. The van der Waals surface area contributed by atoms with E-state index in [9.17, 15) is 0 Å². The van der Waals surface area contributed by atoms with Crippen LogP contribution in [0.5, 0.6) is 0 Å². The number of hydrogen-bond donors (Lipinski definition) is 0. The molecule has 0 spiro atoms. The molecule has 110 valence electrons. The molecular formula is C16H24Cl2SiTi. The molecule has 0 aromatic rings. The molecule has 2 rings (SSSR count). The molecule has 0 atom stereocenters. The van der Waals surface area contributed by atoms with E-state index >= 15 is 0 Å². The van der Waals surface area contributed by atoms with Gasteiger partial charge in [0.2, 0.25) is 6.69 Å². The molecule has 0 aromatic heterocycles. The van der Waals surface area contributed by atoms with Crippen LogP contribution in [0.3, 0.4) is 0 Å². The van der Waals surface area contributed by atoms with Gasteiger partial charge in [-0.05, 0) is 13.1 Å². The Kier molecular flexibility index (Phi) is 7.08. The van der Waals surface area contributed by atoms with Crippen LogP contribution < -0.4 is 0 Å². The summed E-state index contributed by atoms with van der Waals surface area (Å²) < 4.78 is 3.51. The molecule has 4 heteroatoms. The van der Waals surface area contributed by atoms with Crippen molar-refractivity contribution in [1.82, 2.24) is 0 Å². The predicted molar refractivity (Wildman–Crippen MR) is 91.3 cm³/mol. The summed E-state index contributed by atoms with van der Waals surface area (Å²) in [5.74, 6) is 0. The maximum atomic E-state index is 5.43. The summed E-state index contributed by atoms with van der Waals surface area (Å²) in [6.07, 6.45) is 7.23. The maximum absolute atomic E-state index is 5.43. The molecule has 2 aliphatic carbocycles. The van der Waals surface area contributed by atoms with Gasteiger partial charge >= 0.3 is 102 Å². The van der Waals surface area contributed by atoms with Crippen molar-refractivity contribution in [2.75, 3.05) is 0 Å². The van der Waals surface area contributed by atoms with Crippen molar-refractivity contribution in [3.8, 4) is 0 Å². The van der Waals surface area contributed by atoms with Crippen LogP contribution in [-0.4, -0.2) is 6.69 Å². The molecule has 0 aliphatic heterocycles. The Morgan fingerprint density at radius 2 is 1.15 bits per heavy atom. The normalized spacial score (nSPS) is 18.8. The van der Waals surface area contributed by atoms with Crippen LogP contribution in [0.1, 0.15) is 40.5 Å². The van der Waals surface area contributed by atoms with Crippen molar-refractivity contribution in [1.29, 1.82) is 0 Å². The van der Waals surface area contributed by atoms with Crippen LogP contribution in [0.4, 0.5) is 0 Å². The third-order valence-corrected chi connectivity index (χ3v) is 5.82. The Labute approximate surface area is 143 Å². The Bertz CT molecular complexity index is 459.